The van der Waals surface area contributed by atoms with E-state index in [-0.39, 0.29) is 5.91 Å². The monoisotopic (exact) mass is 263 g/mol. The average molecular weight is 263 g/mol. The number of carbonyl (C=O) groups excluding carboxylic acids is 1. The number of hydrogen-bond donors (Lipinski definition) is 0. The number of methoxy groups -OCH3 is 1. The van der Waals surface area contributed by atoms with Crippen LogP contribution in [0.5, 0.6) is 0 Å². The molecule has 2 aromatic heterocycles. The summed E-state index contributed by atoms with van der Waals surface area (Å²) in [4.78, 5) is 13.9. The van der Waals surface area contributed by atoms with Gasteiger partial charge < -0.3 is 9.64 Å². The van der Waals surface area contributed by atoms with E-state index in [9.17, 15) is 4.79 Å². The van der Waals surface area contributed by atoms with Gasteiger partial charge in [-0.15, -0.1) is 0 Å². The molecular formula is C12H17N5O2. The fourth-order valence-corrected chi connectivity index (χ4v) is 1.84. The molecule has 0 fully saturated rings. The quantitative estimate of drug-likeness (QED) is 0.806. The van der Waals surface area contributed by atoms with Crippen molar-refractivity contribution in [2.24, 2.45) is 14.1 Å². The Morgan fingerprint density at radius 2 is 1.89 bits per heavy atom. The molecule has 0 aliphatic heterocycles. The maximum atomic E-state index is 12.4. The summed E-state index contributed by atoms with van der Waals surface area (Å²) in [5.41, 5.74) is 1.45. The van der Waals surface area contributed by atoms with Crippen molar-refractivity contribution in [3.63, 3.8) is 0 Å². The Morgan fingerprint density at radius 3 is 2.37 bits per heavy atom. The average Bonchev–Trinajstić information content (AvgIpc) is 2.98. The number of nitrogens with zero attached hydrogens (tertiary/aromatic N) is 5. The SMILES string of the molecule is COC(C(=O)N(C)c1cnn(C)c1)c1cnn(C)c1. The van der Waals surface area contributed by atoms with Crippen LogP contribution in [0, 0.1) is 0 Å². The van der Waals surface area contributed by atoms with Crippen molar-refractivity contribution in [3.8, 4) is 0 Å². The summed E-state index contributed by atoms with van der Waals surface area (Å²) in [6.07, 6.45) is 6.13. The van der Waals surface area contributed by atoms with Crippen molar-refractivity contribution < 1.29 is 9.53 Å². The van der Waals surface area contributed by atoms with Gasteiger partial charge in [-0.2, -0.15) is 10.2 Å². The Kier molecular flexibility index (Phi) is 3.66. The molecule has 0 radical (unpaired) electrons. The normalized spacial score (nSPS) is 12.4. The number of aromatic nitrogens is 4. The lowest BCUT2D eigenvalue weighted by molar-refractivity contribution is -0.128. The summed E-state index contributed by atoms with van der Waals surface area (Å²) in [7, 11) is 6.80. The summed E-state index contributed by atoms with van der Waals surface area (Å²) in [5, 5.41) is 8.10. The molecule has 0 N–H and O–H groups in total. The molecule has 1 amide bonds. The zero-order valence-corrected chi connectivity index (χ0v) is 11.4. The summed E-state index contributed by atoms with van der Waals surface area (Å²) < 4.78 is 8.57. The second-order valence-electron chi connectivity index (χ2n) is 4.33. The van der Waals surface area contributed by atoms with Crippen LogP contribution in [0.1, 0.15) is 11.7 Å². The number of amides is 1. The first kappa shape index (κ1) is 13.3. The van der Waals surface area contributed by atoms with Crippen LogP contribution in [0.3, 0.4) is 0 Å². The van der Waals surface area contributed by atoms with Crippen LogP contribution < -0.4 is 4.90 Å². The third kappa shape index (κ3) is 2.65. The van der Waals surface area contributed by atoms with E-state index in [1.165, 1.54) is 12.0 Å². The fraction of sp³-hybridized carbons (Fsp3) is 0.417. The highest BCUT2D eigenvalue weighted by atomic mass is 16.5. The molecule has 0 saturated carbocycles. The van der Waals surface area contributed by atoms with Gasteiger partial charge in [-0.1, -0.05) is 0 Å². The van der Waals surface area contributed by atoms with E-state index >= 15 is 0 Å². The van der Waals surface area contributed by atoms with Crippen molar-refractivity contribution in [1.82, 2.24) is 19.6 Å². The van der Waals surface area contributed by atoms with Crippen molar-refractivity contribution in [3.05, 3.63) is 30.4 Å². The number of likely N-dealkylation sites (N-methyl/N-ethyl adjacent to an activating group) is 1. The zero-order valence-electron chi connectivity index (χ0n) is 11.4. The van der Waals surface area contributed by atoms with Crippen LogP contribution in [0.25, 0.3) is 0 Å². The molecule has 2 heterocycles. The molecule has 0 aliphatic rings. The van der Waals surface area contributed by atoms with Gasteiger partial charge in [-0.25, -0.2) is 0 Å². The van der Waals surface area contributed by atoms with E-state index in [1.54, 1.807) is 55.3 Å². The molecule has 1 atom stereocenters. The lowest BCUT2D eigenvalue weighted by Crippen LogP contribution is -2.32. The molecule has 0 aliphatic carbocycles. The van der Waals surface area contributed by atoms with E-state index < -0.39 is 6.10 Å². The minimum absolute atomic E-state index is 0.163. The van der Waals surface area contributed by atoms with Crippen LogP contribution in [-0.2, 0) is 23.6 Å². The first-order valence-corrected chi connectivity index (χ1v) is 5.80. The molecule has 7 heteroatoms. The van der Waals surface area contributed by atoms with E-state index in [2.05, 4.69) is 10.2 Å². The molecule has 0 bridgehead atoms. The molecule has 2 aromatic rings. The second kappa shape index (κ2) is 5.23. The van der Waals surface area contributed by atoms with Gasteiger partial charge in [0.25, 0.3) is 5.91 Å². The van der Waals surface area contributed by atoms with Crippen molar-refractivity contribution >= 4 is 11.6 Å². The third-order valence-corrected chi connectivity index (χ3v) is 2.90. The number of ether oxygens (including phenoxy) is 1. The van der Waals surface area contributed by atoms with Crippen LogP contribution in [0.2, 0.25) is 0 Å². The van der Waals surface area contributed by atoms with E-state index in [4.69, 9.17) is 4.74 Å². The number of aryl methyl sites for hydroxylation is 2. The molecule has 2 rings (SSSR count). The van der Waals surface area contributed by atoms with Crippen LogP contribution in [-0.4, -0.2) is 39.6 Å². The Balaban J connectivity index is 2.21. The minimum Gasteiger partial charge on any atom is -0.367 e. The molecule has 0 saturated heterocycles. The minimum atomic E-state index is -0.668. The van der Waals surface area contributed by atoms with Gasteiger partial charge in [0.1, 0.15) is 0 Å². The van der Waals surface area contributed by atoms with E-state index in [0.717, 1.165) is 11.3 Å². The van der Waals surface area contributed by atoms with Crippen molar-refractivity contribution in [1.29, 1.82) is 0 Å². The maximum Gasteiger partial charge on any atom is 0.260 e. The van der Waals surface area contributed by atoms with Gasteiger partial charge in [0.15, 0.2) is 6.10 Å². The molecule has 0 aromatic carbocycles. The Bertz CT molecular complexity index is 574. The van der Waals surface area contributed by atoms with Gasteiger partial charge in [-0.3, -0.25) is 14.2 Å². The van der Waals surface area contributed by atoms with Crippen LogP contribution in [0.15, 0.2) is 24.8 Å². The lowest BCUT2D eigenvalue weighted by Gasteiger charge is -2.20. The molecule has 102 valence electrons. The second-order valence-corrected chi connectivity index (χ2v) is 4.33. The summed E-state index contributed by atoms with van der Waals surface area (Å²) in [6.45, 7) is 0. The van der Waals surface area contributed by atoms with Gasteiger partial charge in [-0.05, 0) is 0 Å². The molecule has 19 heavy (non-hydrogen) atoms. The Morgan fingerprint density at radius 1 is 1.26 bits per heavy atom. The van der Waals surface area contributed by atoms with E-state index in [0.29, 0.717) is 0 Å². The summed E-state index contributed by atoms with van der Waals surface area (Å²) in [6, 6.07) is 0. The number of rotatable bonds is 4. The van der Waals surface area contributed by atoms with Crippen LogP contribution >= 0.6 is 0 Å². The standard InChI is InChI=1S/C12H17N5O2/c1-15-7-9(5-13-15)11(19-4)12(18)17(3)10-6-14-16(2)8-10/h5-8,11H,1-4H3. The predicted molar refractivity (Wildman–Crippen MR) is 69.6 cm³/mol. The summed E-state index contributed by atoms with van der Waals surface area (Å²) in [5.74, 6) is -0.163. The Hall–Kier alpha value is -2.15. The van der Waals surface area contributed by atoms with Gasteiger partial charge in [0.05, 0.1) is 18.1 Å². The van der Waals surface area contributed by atoms with Crippen molar-refractivity contribution in [2.45, 2.75) is 6.10 Å². The van der Waals surface area contributed by atoms with Gasteiger partial charge in [0.2, 0.25) is 0 Å². The van der Waals surface area contributed by atoms with Crippen molar-refractivity contribution in [2.75, 3.05) is 19.1 Å². The van der Waals surface area contributed by atoms with E-state index in [1.807, 2.05) is 0 Å². The van der Waals surface area contributed by atoms with Crippen LogP contribution in [0.4, 0.5) is 5.69 Å². The highest BCUT2D eigenvalue weighted by molar-refractivity contribution is 5.96. The summed E-state index contributed by atoms with van der Waals surface area (Å²) >= 11 is 0. The molecule has 7 nitrogen and oxygen atoms in total. The van der Waals surface area contributed by atoms with Gasteiger partial charge in [0, 0.05) is 46.2 Å². The maximum absolute atomic E-state index is 12.4. The molecular weight excluding hydrogens is 246 g/mol. The highest BCUT2D eigenvalue weighted by Gasteiger charge is 2.26. The molecule has 1 unspecified atom stereocenters. The number of carbonyl (C=O) groups is 1. The smallest absolute Gasteiger partial charge is 0.260 e. The van der Waals surface area contributed by atoms with Gasteiger partial charge >= 0.3 is 0 Å². The molecule has 0 spiro atoms. The highest BCUT2D eigenvalue weighted by Crippen LogP contribution is 2.21. The topological polar surface area (TPSA) is 65.2 Å². The Labute approximate surface area is 111 Å². The largest absolute Gasteiger partial charge is 0.367 e. The fourth-order valence-electron chi connectivity index (χ4n) is 1.84. The number of anilines is 1. The zero-order chi connectivity index (χ0) is 14.0. The third-order valence-electron chi connectivity index (χ3n) is 2.90. The lowest BCUT2D eigenvalue weighted by atomic mass is 10.2. The first-order valence-electron chi connectivity index (χ1n) is 5.80. The number of hydrogen-bond acceptors (Lipinski definition) is 4. The predicted octanol–water partition coefficient (Wildman–Crippen LogP) is 0.504. The first-order chi connectivity index (χ1) is 9.02.